The number of carbonyl (C=O) groups excluding carboxylic acids is 2. The van der Waals surface area contributed by atoms with E-state index in [9.17, 15) is 18.4 Å². The summed E-state index contributed by atoms with van der Waals surface area (Å²) < 4.78 is 26.3. The number of hydrogen-bond donors (Lipinski definition) is 2. The second-order valence-electron chi connectivity index (χ2n) is 12.5. The van der Waals surface area contributed by atoms with E-state index in [-0.39, 0.29) is 23.2 Å². The quantitative estimate of drug-likeness (QED) is 0.0821. The predicted octanol–water partition coefficient (Wildman–Crippen LogP) is 12.0. The van der Waals surface area contributed by atoms with Crippen molar-refractivity contribution in [2.24, 2.45) is 0 Å². The van der Waals surface area contributed by atoms with Crippen molar-refractivity contribution in [3.63, 3.8) is 0 Å². The number of hydrogen-bond acceptors (Lipinski definition) is 4. The normalized spacial score (nSPS) is 11.0. The van der Waals surface area contributed by atoms with Crippen molar-refractivity contribution in [3.05, 3.63) is 218 Å². The average Bonchev–Trinajstić information content (AvgIpc) is 3.20. The van der Waals surface area contributed by atoms with Gasteiger partial charge in [-0.25, -0.2) is 8.78 Å². The van der Waals surface area contributed by atoms with Crippen LogP contribution in [0, 0.1) is 11.6 Å². The van der Waals surface area contributed by atoms with Gasteiger partial charge in [0.2, 0.25) is 0 Å². The molecule has 6 rings (SSSR count). The molecule has 2 N–H and O–H groups in total. The molecule has 0 atom stereocenters. The first-order chi connectivity index (χ1) is 26.9. The Labute approximate surface area is 335 Å². The first kappa shape index (κ1) is 42.7. The molecule has 0 heterocycles. The molecular weight excluding hydrogens is 769 g/mol. The molecule has 4 nitrogen and oxygen atoms in total. The summed E-state index contributed by atoms with van der Waals surface area (Å²) in [6, 6.07) is 43.6. The van der Waals surface area contributed by atoms with Crippen molar-refractivity contribution < 1.29 is 28.4 Å². The van der Waals surface area contributed by atoms with Gasteiger partial charge in [-0.1, -0.05) is 174 Å². The van der Waals surface area contributed by atoms with Gasteiger partial charge in [0.25, 0.3) is 0 Å². The number of Topliss-reactive ketones (excluding diaryl/α,β-unsaturated/α-hetero) is 2. The summed E-state index contributed by atoms with van der Waals surface area (Å²) in [6.07, 6.45) is 13.6. The number of rotatable bonds is 10. The average molecular weight is 810 g/mol. The molecule has 56 heavy (non-hydrogen) atoms. The van der Waals surface area contributed by atoms with E-state index in [1.54, 1.807) is 38.1 Å². The maximum absolute atomic E-state index is 12.9. The van der Waals surface area contributed by atoms with Gasteiger partial charge in [-0.2, -0.15) is 0 Å². The zero-order valence-electron chi connectivity index (χ0n) is 30.9. The molecule has 0 unspecified atom stereocenters. The van der Waals surface area contributed by atoms with Gasteiger partial charge in [-0.15, -0.1) is 0 Å². The Morgan fingerprint density at radius 1 is 0.429 bits per heavy atom. The minimum absolute atomic E-state index is 0.0739. The Morgan fingerprint density at radius 2 is 0.661 bits per heavy atom. The third kappa shape index (κ3) is 15.7. The minimum Gasteiger partial charge on any atom is -0.424 e. The van der Waals surface area contributed by atoms with E-state index in [0.717, 1.165) is 54.5 Å². The highest BCUT2D eigenvalue weighted by Gasteiger charge is 2.00. The molecule has 0 amide bonds. The number of benzene rings is 6. The molecule has 0 fully saturated rings. The van der Waals surface area contributed by atoms with E-state index in [1.807, 2.05) is 127 Å². The van der Waals surface area contributed by atoms with Crippen LogP contribution in [0.25, 0.3) is 42.5 Å². The van der Waals surface area contributed by atoms with Crippen molar-refractivity contribution in [2.45, 2.75) is 13.8 Å². The highest BCUT2D eigenvalue weighted by atomic mass is 79.9. The standard InChI is InChI=1S/C24H19FO.C16H13BrO.C8H8BFO2/c1-18(26)23-14-10-21(11-15-23)8-6-19-2-4-20(5-3-19)7-9-22-12-16-24(25)17-13-22;1-12(18)15-8-4-13(5-9-15)2-3-14-6-10-16(17)11-7-14;10-8-3-1-7(2-4-8)5-6-9(11)12/h2-17H,1H3;2-11H,1H3;1-6,11-12H/b8-6+,9-7+;3-2+;6-5+. The van der Waals surface area contributed by atoms with E-state index >= 15 is 0 Å². The van der Waals surface area contributed by atoms with Gasteiger partial charge in [0.05, 0.1) is 0 Å². The molecule has 0 saturated heterocycles. The van der Waals surface area contributed by atoms with Crippen LogP contribution in [-0.2, 0) is 0 Å². The van der Waals surface area contributed by atoms with Crippen molar-refractivity contribution in [1.82, 2.24) is 0 Å². The van der Waals surface area contributed by atoms with E-state index < -0.39 is 7.12 Å². The zero-order valence-corrected chi connectivity index (χ0v) is 32.5. The lowest BCUT2D eigenvalue weighted by molar-refractivity contribution is 0.100. The van der Waals surface area contributed by atoms with Gasteiger partial charge in [-0.3, -0.25) is 9.59 Å². The van der Waals surface area contributed by atoms with Crippen LogP contribution >= 0.6 is 15.9 Å². The summed E-state index contributed by atoms with van der Waals surface area (Å²) in [5, 5.41) is 16.9. The lowest BCUT2D eigenvalue weighted by Gasteiger charge is -1.99. The summed E-state index contributed by atoms with van der Waals surface area (Å²) in [6.45, 7) is 3.14. The minimum atomic E-state index is -1.46. The van der Waals surface area contributed by atoms with Gasteiger partial charge in [-0.05, 0) is 89.2 Å². The molecule has 0 aliphatic rings. The highest BCUT2D eigenvalue weighted by Crippen LogP contribution is 2.16. The first-order valence-electron chi connectivity index (χ1n) is 17.6. The van der Waals surface area contributed by atoms with Crippen molar-refractivity contribution in [3.8, 4) is 0 Å². The molecule has 0 aromatic heterocycles. The van der Waals surface area contributed by atoms with Crippen molar-refractivity contribution in [2.75, 3.05) is 0 Å². The SMILES string of the molecule is CC(=O)c1ccc(/C=C/c2ccc(/C=C/c3ccc(F)cc3)cc2)cc1.CC(=O)c1ccc(/C=C/c2ccc(Br)cc2)cc1.OB(O)/C=C/c1ccc(F)cc1. The lowest BCUT2D eigenvalue weighted by Crippen LogP contribution is -2.05. The molecule has 6 aromatic carbocycles. The zero-order chi connectivity index (χ0) is 40.3. The molecule has 0 bridgehead atoms. The van der Waals surface area contributed by atoms with Crippen LogP contribution in [0.1, 0.15) is 73.5 Å². The topological polar surface area (TPSA) is 74.6 Å². The Kier molecular flexibility index (Phi) is 17.0. The Balaban J connectivity index is 0.000000201. The van der Waals surface area contributed by atoms with Crippen LogP contribution in [0.2, 0.25) is 0 Å². The molecule has 280 valence electrons. The maximum atomic E-state index is 12.9. The van der Waals surface area contributed by atoms with Crippen molar-refractivity contribution >= 4 is 77.1 Å². The predicted molar refractivity (Wildman–Crippen MR) is 232 cm³/mol. The summed E-state index contributed by atoms with van der Waals surface area (Å²) in [4.78, 5) is 22.4. The largest absolute Gasteiger partial charge is 0.480 e. The molecule has 0 radical (unpaired) electrons. The second-order valence-corrected chi connectivity index (χ2v) is 13.4. The first-order valence-corrected chi connectivity index (χ1v) is 18.4. The highest BCUT2D eigenvalue weighted by molar-refractivity contribution is 9.10. The van der Waals surface area contributed by atoms with Crippen LogP contribution in [-0.4, -0.2) is 28.7 Å². The van der Waals surface area contributed by atoms with Crippen LogP contribution in [0.4, 0.5) is 8.78 Å². The summed E-state index contributed by atoms with van der Waals surface area (Å²) in [5.41, 5.74) is 8.62. The third-order valence-corrected chi connectivity index (χ3v) is 8.58. The Morgan fingerprint density at radius 3 is 0.929 bits per heavy atom. The molecule has 8 heteroatoms. The van der Waals surface area contributed by atoms with E-state index in [2.05, 4.69) is 22.0 Å². The smallest absolute Gasteiger partial charge is 0.424 e. The maximum Gasteiger partial charge on any atom is 0.480 e. The van der Waals surface area contributed by atoms with Crippen molar-refractivity contribution in [1.29, 1.82) is 0 Å². The molecule has 0 aliphatic heterocycles. The van der Waals surface area contributed by atoms with Crippen LogP contribution in [0.3, 0.4) is 0 Å². The Hall–Kier alpha value is -6.06. The van der Waals surface area contributed by atoms with Crippen LogP contribution in [0.5, 0.6) is 0 Å². The van der Waals surface area contributed by atoms with E-state index in [0.29, 0.717) is 0 Å². The fourth-order valence-electron chi connectivity index (χ4n) is 4.87. The summed E-state index contributed by atoms with van der Waals surface area (Å²) in [7, 11) is -1.46. The van der Waals surface area contributed by atoms with Gasteiger partial charge in [0.15, 0.2) is 11.6 Å². The fourth-order valence-corrected chi connectivity index (χ4v) is 5.14. The molecular formula is C48H40BBrF2O4. The lowest BCUT2D eigenvalue weighted by atomic mass is 9.91. The second kappa shape index (κ2) is 22.4. The molecule has 6 aromatic rings. The number of halogens is 3. The molecule has 0 aliphatic carbocycles. The monoisotopic (exact) mass is 808 g/mol. The van der Waals surface area contributed by atoms with Crippen LogP contribution < -0.4 is 0 Å². The Bertz CT molecular complexity index is 2260. The van der Waals surface area contributed by atoms with E-state index in [1.165, 1.54) is 36.3 Å². The third-order valence-electron chi connectivity index (χ3n) is 8.05. The van der Waals surface area contributed by atoms with Gasteiger partial charge in [0, 0.05) is 15.6 Å². The molecule has 0 spiro atoms. The summed E-state index contributed by atoms with van der Waals surface area (Å²) in [5.74, 6) is 0.835. The number of ketones is 2. The number of carbonyl (C=O) groups is 2. The van der Waals surface area contributed by atoms with Crippen LogP contribution in [0.15, 0.2) is 156 Å². The van der Waals surface area contributed by atoms with Gasteiger partial charge in [0.1, 0.15) is 11.6 Å². The van der Waals surface area contributed by atoms with Gasteiger partial charge >= 0.3 is 7.12 Å². The molecule has 0 saturated carbocycles. The fraction of sp³-hybridized carbons (Fsp3) is 0.0417. The van der Waals surface area contributed by atoms with Gasteiger partial charge < -0.3 is 10.0 Å². The van der Waals surface area contributed by atoms with E-state index in [4.69, 9.17) is 10.0 Å². The summed E-state index contributed by atoms with van der Waals surface area (Å²) >= 11 is 3.41.